The van der Waals surface area contributed by atoms with E-state index in [1.807, 2.05) is 25.3 Å². The number of hydrogen-bond acceptors (Lipinski definition) is 4. The molecule has 2 N–H and O–H groups in total. The first-order chi connectivity index (χ1) is 8.26. The second-order valence-corrected chi connectivity index (χ2v) is 7.13. The van der Waals surface area contributed by atoms with Crippen LogP contribution in [0, 0.1) is 6.92 Å². The van der Waals surface area contributed by atoms with E-state index in [1.165, 1.54) is 4.31 Å². The Labute approximate surface area is 108 Å². The Bertz CT molecular complexity index is 539. The van der Waals surface area contributed by atoms with Crippen molar-refractivity contribution in [1.29, 1.82) is 0 Å². The molecule has 1 fully saturated rings. The van der Waals surface area contributed by atoms with Gasteiger partial charge < -0.3 is 10.3 Å². The van der Waals surface area contributed by atoms with Gasteiger partial charge in [0, 0.05) is 31.4 Å². The predicted octanol–water partition coefficient (Wildman–Crippen LogP) is 0.323. The van der Waals surface area contributed by atoms with Gasteiger partial charge in [0.25, 0.3) is 10.0 Å². The van der Waals surface area contributed by atoms with Crippen LogP contribution in [0.3, 0.4) is 0 Å². The van der Waals surface area contributed by atoms with E-state index in [9.17, 15) is 8.42 Å². The normalized spacial score (nSPS) is 19.8. The summed E-state index contributed by atoms with van der Waals surface area (Å²) in [4.78, 5) is 4.14. The fourth-order valence-electron chi connectivity index (χ4n) is 2.13. The van der Waals surface area contributed by atoms with Gasteiger partial charge in [-0.1, -0.05) is 6.92 Å². The lowest BCUT2D eigenvalue weighted by atomic mass is 9.97. The first-order valence-electron chi connectivity index (χ1n) is 6.09. The van der Waals surface area contributed by atoms with Crippen molar-refractivity contribution in [2.24, 2.45) is 5.73 Å². The number of rotatable bonds is 4. The third kappa shape index (κ3) is 2.30. The van der Waals surface area contributed by atoms with E-state index in [4.69, 9.17) is 5.73 Å². The fraction of sp³-hybridized carbons (Fsp3) is 0.727. The van der Waals surface area contributed by atoms with Crippen LogP contribution < -0.4 is 5.73 Å². The first kappa shape index (κ1) is 13.5. The van der Waals surface area contributed by atoms with Gasteiger partial charge in [-0.3, -0.25) is 0 Å². The number of aromatic nitrogens is 2. The lowest BCUT2D eigenvalue weighted by Crippen LogP contribution is -2.66. The maximum atomic E-state index is 12.3. The van der Waals surface area contributed by atoms with Crippen LogP contribution in [0.4, 0.5) is 0 Å². The number of nitrogens with two attached hydrogens (primary N) is 1. The molecule has 1 aliphatic heterocycles. The van der Waals surface area contributed by atoms with Gasteiger partial charge in [-0.2, -0.15) is 4.31 Å². The molecule has 0 aromatic carbocycles. The van der Waals surface area contributed by atoms with Crippen molar-refractivity contribution in [3.8, 4) is 0 Å². The van der Waals surface area contributed by atoms with Gasteiger partial charge >= 0.3 is 0 Å². The molecule has 1 aromatic heterocycles. The molecule has 1 aliphatic rings. The van der Waals surface area contributed by atoms with Crippen molar-refractivity contribution in [2.75, 3.05) is 13.1 Å². The second kappa shape index (κ2) is 4.32. The molecule has 0 saturated carbocycles. The molecular formula is C11H20N4O2S. The van der Waals surface area contributed by atoms with Gasteiger partial charge in [-0.05, 0) is 20.3 Å². The highest BCUT2D eigenvalue weighted by atomic mass is 32.2. The van der Waals surface area contributed by atoms with Gasteiger partial charge in [-0.25, -0.2) is 13.4 Å². The zero-order valence-corrected chi connectivity index (χ0v) is 11.9. The fourth-order valence-corrected chi connectivity index (χ4v) is 3.83. The van der Waals surface area contributed by atoms with Gasteiger partial charge in [-0.15, -0.1) is 0 Å². The van der Waals surface area contributed by atoms with Crippen molar-refractivity contribution >= 4 is 10.0 Å². The number of hydrogen-bond donors (Lipinski definition) is 1. The minimum absolute atomic E-state index is 0.129. The lowest BCUT2D eigenvalue weighted by Gasteiger charge is -2.43. The monoisotopic (exact) mass is 272 g/mol. The third-order valence-corrected chi connectivity index (χ3v) is 4.76. The molecule has 102 valence electrons. The smallest absolute Gasteiger partial charge is 0.262 e. The van der Waals surface area contributed by atoms with E-state index < -0.39 is 15.6 Å². The molecule has 1 saturated heterocycles. The average molecular weight is 272 g/mol. The Morgan fingerprint density at radius 3 is 2.61 bits per heavy atom. The lowest BCUT2D eigenvalue weighted by molar-refractivity contribution is 0.176. The molecule has 0 atom stereocenters. The molecule has 2 rings (SSSR count). The van der Waals surface area contributed by atoms with E-state index in [0.717, 1.165) is 18.8 Å². The van der Waals surface area contributed by atoms with Crippen molar-refractivity contribution < 1.29 is 8.42 Å². The Balaban J connectivity index is 2.23. The standard InChI is InChI=1S/C11H20N4O2S/c1-4-5-14-6-10(13-9(14)2)18(16,17)15-7-11(3,12)8-15/h6H,4-5,7-8,12H2,1-3H3. The highest BCUT2D eigenvalue weighted by Gasteiger charge is 2.43. The molecule has 2 heterocycles. The van der Waals surface area contributed by atoms with Crippen LogP contribution in [-0.4, -0.2) is 40.9 Å². The molecule has 1 aromatic rings. The minimum atomic E-state index is -3.47. The van der Waals surface area contributed by atoms with Crippen LogP contribution in [-0.2, 0) is 16.6 Å². The number of sulfonamides is 1. The molecule has 0 unspecified atom stereocenters. The maximum absolute atomic E-state index is 12.3. The molecule has 0 bridgehead atoms. The predicted molar refractivity (Wildman–Crippen MR) is 68.6 cm³/mol. The third-order valence-electron chi connectivity index (χ3n) is 3.10. The topological polar surface area (TPSA) is 81.2 Å². The molecule has 0 spiro atoms. The first-order valence-corrected chi connectivity index (χ1v) is 7.53. The van der Waals surface area contributed by atoms with Crippen molar-refractivity contribution in [3.63, 3.8) is 0 Å². The van der Waals surface area contributed by atoms with Crippen LogP contribution >= 0.6 is 0 Å². The molecule has 7 heteroatoms. The van der Waals surface area contributed by atoms with Gasteiger partial charge in [0.1, 0.15) is 5.82 Å². The van der Waals surface area contributed by atoms with Crippen molar-refractivity contribution in [3.05, 3.63) is 12.0 Å². The van der Waals surface area contributed by atoms with E-state index in [-0.39, 0.29) is 5.03 Å². The number of nitrogens with zero attached hydrogens (tertiary/aromatic N) is 3. The Morgan fingerprint density at radius 2 is 2.11 bits per heavy atom. The van der Waals surface area contributed by atoms with Gasteiger partial charge in [0.05, 0.1) is 0 Å². The number of aryl methyl sites for hydroxylation is 2. The zero-order valence-electron chi connectivity index (χ0n) is 11.0. The number of imidazole rings is 1. The largest absolute Gasteiger partial charge is 0.334 e. The van der Waals surface area contributed by atoms with Crippen LogP contribution in [0.5, 0.6) is 0 Å². The van der Waals surface area contributed by atoms with Gasteiger partial charge in [0.2, 0.25) is 0 Å². The Morgan fingerprint density at radius 1 is 1.50 bits per heavy atom. The van der Waals surface area contributed by atoms with E-state index in [1.54, 1.807) is 6.20 Å². The highest BCUT2D eigenvalue weighted by molar-refractivity contribution is 7.89. The summed E-state index contributed by atoms with van der Waals surface area (Å²) in [5.74, 6) is 0.728. The van der Waals surface area contributed by atoms with Crippen LogP contribution in [0.25, 0.3) is 0 Å². The highest BCUT2D eigenvalue weighted by Crippen LogP contribution is 2.25. The van der Waals surface area contributed by atoms with E-state index in [2.05, 4.69) is 4.98 Å². The molecule has 18 heavy (non-hydrogen) atoms. The summed E-state index contributed by atoms with van der Waals surface area (Å²) in [6.07, 6.45) is 2.56. The zero-order chi connectivity index (χ0) is 13.6. The van der Waals surface area contributed by atoms with Crippen LogP contribution in [0.1, 0.15) is 26.1 Å². The molecule has 0 amide bonds. The second-order valence-electron chi connectivity index (χ2n) is 5.25. The summed E-state index contributed by atoms with van der Waals surface area (Å²) < 4.78 is 27.8. The van der Waals surface area contributed by atoms with Crippen LogP contribution in [0.2, 0.25) is 0 Å². The minimum Gasteiger partial charge on any atom is -0.334 e. The molecule has 0 radical (unpaired) electrons. The molecule has 6 nitrogen and oxygen atoms in total. The van der Waals surface area contributed by atoms with Gasteiger partial charge in [0.15, 0.2) is 5.03 Å². The average Bonchev–Trinajstić information content (AvgIpc) is 2.58. The molecule has 0 aliphatic carbocycles. The van der Waals surface area contributed by atoms with Crippen molar-refractivity contribution in [1.82, 2.24) is 13.9 Å². The van der Waals surface area contributed by atoms with E-state index in [0.29, 0.717) is 13.1 Å². The Kier molecular flexibility index (Phi) is 3.25. The summed E-state index contributed by atoms with van der Waals surface area (Å²) in [5, 5.41) is 0.129. The Hall–Kier alpha value is -0.920. The van der Waals surface area contributed by atoms with Crippen LogP contribution in [0.15, 0.2) is 11.2 Å². The summed E-state index contributed by atoms with van der Waals surface area (Å²) >= 11 is 0. The summed E-state index contributed by atoms with van der Waals surface area (Å²) in [7, 11) is -3.47. The summed E-state index contributed by atoms with van der Waals surface area (Å²) in [6.45, 7) is 7.20. The summed E-state index contributed by atoms with van der Waals surface area (Å²) in [5.41, 5.74) is 5.43. The maximum Gasteiger partial charge on any atom is 0.262 e. The van der Waals surface area contributed by atoms with Crippen molar-refractivity contribution in [2.45, 2.75) is 44.3 Å². The van der Waals surface area contributed by atoms with E-state index >= 15 is 0 Å². The quantitative estimate of drug-likeness (QED) is 0.856. The molecular weight excluding hydrogens is 252 g/mol. The summed E-state index contributed by atoms with van der Waals surface area (Å²) in [6, 6.07) is 0. The SMILES string of the molecule is CCCn1cc(S(=O)(=O)N2CC(C)(N)C2)nc1C.